The Morgan fingerprint density at radius 2 is 2.00 bits per heavy atom. The lowest BCUT2D eigenvalue weighted by molar-refractivity contribution is 0.0713. The number of benzene rings is 1. The molecule has 1 aromatic carbocycles. The van der Waals surface area contributed by atoms with Gasteiger partial charge in [-0.3, -0.25) is 4.79 Å². The Labute approximate surface area is 146 Å². The molecule has 2 heterocycles. The fraction of sp³-hybridized carbons (Fsp3) is 0.389. The van der Waals surface area contributed by atoms with Crippen LogP contribution in [0.5, 0.6) is 0 Å². The van der Waals surface area contributed by atoms with Crippen molar-refractivity contribution >= 4 is 29.7 Å². The van der Waals surface area contributed by atoms with Crippen molar-refractivity contribution in [3.8, 4) is 10.4 Å². The lowest BCUT2D eigenvalue weighted by Gasteiger charge is -2.30. The normalized spacial score (nSPS) is 19.5. The molecule has 1 aliphatic carbocycles. The fourth-order valence-electron chi connectivity index (χ4n) is 3.53. The number of nitrogens with zero attached hydrogens (tertiary/aromatic N) is 1. The first kappa shape index (κ1) is 16.5. The number of hydrogen-bond donors (Lipinski definition) is 1. The Morgan fingerprint density at radius 3 is 2.83 bits per heavy atom. The van der Waals surface area contributed by atoms with Crippen molar-refractivity contribution in [3.63, 3.8) is 0 Å². The van der Waals surface area contributed by atoms with Gasteiger partial charge in [-0.25, -0.2) is 0 Å². The highest BCUT2D eigenvalue weighted by molar-refractivity contribution is 7.17. The summed E-state index contributed by atoms with van der Waals surface area (Å²) in [7, 11) is 0. The highest BCUT2D eigenvalue weighted by Crippen LogP contribution is 2.39. The summed E-state index contributed by atoms with van der Waals surface area (Å²) < 4.78 is 0. The molecule has 0 saturated carbocycles. The van der Waals surface area contributed by atoms with Gasteiger partial charge in [-0.1, -0.05) is 24.3 Å². The molecule has 1 fully saturated rings. The molecule has 1 atom stereocenters. The molecule has 0 bridgehead atoms. The molecule has 23 heavy (non-hydrogen) atoms. The second-order valence-electron chi connectivity index (χ2n) is 6.28. The van der Waals surface area contributed by atoms with E-state index in [4.69, 9.17) is 5.73 Å². The molecule has 1 aromatic heterocycles. The third-order valence-corrected chi connectivity index (χ3v) is 5.89. The van der Waals surface area contributed by atoms with Gasteiger partial charge >= 0.3 is 0 Å². The van der Waals surface area contributed by atoms with Crippen LogP contribution in [-0.4, -0.2) is 29.9 Å². The SMILES string of the molecule is Cl.NC1CCCN(C(=O)c2cc3c(s2)-c2ccccc2CC3)C1. The van der Waals surface area contributed by atoms with Gasteiger partial charge in [0.1, 0.15) is 0 Å². The minimum Gasteiger partial charge on any atom is -0.336 e. The van der Waals surface area contributed by atoms with E-state index in [2.05, 4.69) is 30.3 Å². The molecule has 0 spiro atoms. The summed E-state index contributed by atoms with van der Waals surface area (Å²) in [6.45, 7) is 1.53. The number of rotatable bonds is 1. The fourth-order valence-corrected chi connectivity index (χ4v) is 4.77. The zero-order valence-corrected chi connectivity index (χ0v) is 14.6. The quantitative estimate of drug-likeness (QED) is 0.857. The van der Waals surface area contributed by atoms with E-state index in [1.54, 1.807) is 11.3 Å². The van der Waals surface area contributed by atoms with Crippen LogP contribution in [0.3, 0.4) is 0 Å². The van der Waals surface area contributed by atoms with E-state index in [-0.39, 0.29) is 24.4 Å². The number of piperidine rings is 1. The van der Waals surface area contributed by atoms with Crippen LogP contribution in [0.2, 0.25) is 0 Å². The van der Waals surface area contributed by atoms with Crippen molar-refractivity contribution in [2.75, 3.05) is 13.1 Å². The number of carbonyl (C=O) groups is 1. The lowest BCUT2D eigenvalue weighted by atomic mass is 9.91. The van der Waals surface area contributed by atoms with Crippen LogP contribution in [0.25, 0.3) is 10.4 Å². The molecule has 1 aliphatic heterocycles. The van der Waals surface area contributed by atoms with Gasteiger partial charge in [-0.05, 0) is 48.4 Å². The van der Waals surface area contributed by atoms with E-state index in [1.165, 1.54) is 21.6 Å². The first-order chi connectivity index (χ1) is 10.7. The van der Waals surface area contributed by atoms with E-state index in [9.17, 15) is 4.79 Å². The van der Waals surface area contributed by atoms with Crippen molar-refractivity contribution < 1.29 is 4.79 Å². The molecule has 2 N–H and O–H groups in total. The summed E-state index contributed by atoms with van der Waals surface area (Å²) in [4.78, 5) is 16.8. The van der Waals surface area contributed by atoms with Gasteiger partial charge in [-0.15, -0.1) is 23.7 Å². The van der Waals surface area contributed by atoms with Crippen LogP contribution >= 0.6 is 23.7 Å². The number of carbonyl (C=O) groups excluding carboxylic acids is 1. The number of amides is 1. The first-order valence-electron chi connectivity index (χ1n) is 7.98. The zero-order valence-electron chi connectivity index (χ0n) is 13.0. The topological polar surface area (TPSA) is 46.3 Å². The number of nitrogens with two attached hydrogens (primary N) is 1. The number of thiophene rings is 1. The first-order valence-corrected chi connectivity index (χ1v) is 8.80. The molecule has 2 aromatic rings. The standard InChI is InChI=1S/C18H20N2OS.ClH/c19-14-5-3-9-20(11-14)18(21)16-10-13-8-7-12-4-1-2-6-15(12)17(13)22-16;/h1-2,4,6,10,14H,3,5,7-9,11,19H2;1H. The Bertz CT molecular complexity index is 728. The summed E-state index contributed by atoms with van der Waals surface area (Å²) in [6.07, 6.45) is 4.15. The Kier molecular flexibility index (Phi) is 4.76. The molecule has 1 saturated heterocycles. The van der Waals surface area contributed by atoms with Crippen LogP contribution in [-0.2, 0) is 12.8 Å². The second-order valence-corrected chi connectivity index (χ2v) is 7.33. The molecule has 0 radical (unpaired) electrons. The van der Waals surface area contributed by atoms with Crippen molar-refractivity contribution in [2.45, 2.75) is 31.7 Å². The average molecular weight is 349 g/mol. The summed E-state index contributed by atoms with van der Waals surface area (Å²) in [5.41, 5.74) is 10.0. The average Bonchev–Trinajstić information content (AvgIpc) is 2.99. The van der Waals surface area contributed by atoms with E-state index < -0.39 is 0 Å². The molecular weight excluding hydrogens is 328 g/mol. The number of halogens is 1. The van der Waals surface area contributed by atoms with Gasteiger partial charge in [0.15, 0.2) is 0 Å². The maximum Gasteiger partial charge on any atom is 0.264 e. The van der Waals surface area contributed by atoms with Gasteiger partial charge in [0.2, 0.25) is 0 Å². The highest BCUT2D eigenvalue weighted by atomic mass is 35.5. The monoisotopic (exact) mass is 348 g/mol. The third kappa shape index (κ3) is 3.03. The maximum absolute atomic E-state index is 12.8. The van der Waals surface area contributed by atoms with Crippen LogP contribution in [0.4, 0.5) is 0 Å². The van der Waals surface area contributed by atoms with Gasteiger partial charge < -0.3 is 10.6 Å². The molecule has 1 unspecified atom stereocenters. The number of likely N-dealkylation sites (tertiary alicyclic amines) is 1. The van der Waals surface area contributed by atoms with E-state index in [0.29, 0.717) is 6.54 Å². The molecule has 4 rings (SSSR count). The summed E-state index contributed by atoms with van der Waals surface area (Å²) in [5, 5.41) is 0. The van der Waals surface area contributed by atoms with Gasteiger partial charge in [0.05, 0.1) is 4.88 Å². The van der Waals surface area contributed by atoms with Crippen molar-refractivity contribution in [1.82, 2.24) is 4.90 Å². The predicted molar refractivity (Wildman–Crippen MR) is 97.5 cm³/mol. The van der Waals surface area contributed by atoms with Gasteiger partial charge in [-0.2, -0.15) is 0 Å². The number of aryl methyl sites for hydroxylation is 2. The second kappa shape index (κ2) is 6.63. The van der Waals surface area contributed by atoms with Crippen LogP contribution in [0.1, 0.15) is 33.6 Å². The Morgan fingerprint density at radius 1 is 1.22 bits per heavy atom. The number of hydrogen-bond acceptors (Lipinski definition) is 3. The van der Waals surface area contributed by atoms with Crippen molar-refractivity contribution in [2.24, 2.45) is 5.73 Å². The zero-order chi connectivity index (χ0) is 15.1. The molecular formula is C18H21ClN2OS. The van der Waals surface area contributed by atoms with Crippen LogP contribution < -0.4 is 5.73 Å². The highest BCUT2D eigenvalue weighted by Gasteiger charge is 2.26. The summed E-state index contributed by atoms with van der Waals surface area (Å²) in [5.74, 6) is 0.159. The van der Waals surface area contributed by atoms with Gasteiger partial charge in [0, 0.05) is 24.0 Å². The molecule has 1 amide bonds. The van der Waals surface area contributed by atoms with E-state index in [1.807, 2.05) is 4.90 Å². The van der Waals surface area contributed by atoms with E-state index >= 15 is 0 Å². The maximum atomic E-state index is 12.8. The summed E-state index contributed by atoms with van der Waals surface area (Å²) >= 11 is 1.65. The molecule has 3 nitrogen and oxygen atoms in total. The molecule has 2 aliphatic rings. The largest absolute Gasteiger partial charge is 0.336 e. The van der Waals surface area contributed by atoms with Crippen LogP contribution in [0, 0.1) is 0 Å². The minimum atomic E-state index is 0. The van der Waals surface area contributed by atoms with E-state index in [0.717, 1.165) is 37.1 Å². The minimum absolute atomic E-state index is 0. The van der Waals surface area contributed by atoms with Crippen LogP contribution in [0.15, 0.2) is 30.3 Å². The van der Waals surface area contributed by atoms with Gasteiger partial charge in [0.25, 0.3) is 5.91 Å². The number of fused-ring (bicyclic) bond motifs is 3. The van der Waals surface area contributed by atoms with Crippen molar-refractivity contribution in [1.29, 1.82) is 0 Å². The smallest absolute Gasteiger partial charge is 0.264 e. The van der Waals surface area contributed by atoms with Crippen molar-refractivity contribution in [3.05, 3.63) is 46.3 Å². The lowest BCUT2D eigenvalue weighted by Crippen LogP contribution is -2.45. The third-order valence-electron chi connectivity index (χ3n) is 4.69. The Balaban J connectivity index is 0.00000156. The predicted octanol–water partition coefficient (Wildman–Crippen LogP) is 3.50. The summed E-state index contributed by atoms with van der Waals surface area (Å²) in [6, 6.07) is 10.8. The Hall–Kier alpha value is -1.36. The molecule has 5 heteroatoms. The molecule has 122 valence electrons.